The normalized spacial score (nSPS) is 13.9. The van der Waals surface area contributed by atoms with Crippen LogP contribution in [0.3, 0.4) is 0 Å². The molecule has 0 heterocycles. The zero-order chi connectivity index (χ0) is 33.6. The number of hydrogen-bond donors (Lipinski definition) is 5. The van der Waals surface area contributed by atoms with Crippen molar-refractivity contribution in [3.63, 3.8) is 0 Å². The number of ether oxygens (including phenoxy) is 2. The Labute approximate surface area is 273 Å². The second-order valence-electron chi connectivity index (χ2n) is 11.5. The van der Waals surface area contributed by atoms with Crippen LogP contribution in [0.2, 0.25) is 0 Å². The second-order valence-corrected chi connectivity index (χ2v) is 12.4. The van der Waals surface area contributed by atoms with Crippen molar-refractivity contribution in [1.29, 1.82) is 0 Å². The molecule has 0 fully saturated rings. The minimum Gasteiger partial charge on any atom is -0.453 e. The Bertz CT molecular complexity index is 1250. The van der Waals surface area contributed by atoms with Gasteiger partial charge in [-0.25, -0.2) is 9.80 Å². The fraction of sp³-hybridized carbons (Fsp3) is 0.500. The van der Waals surface area contributed by atoms with Crippen molar-refractivity contribution >= 4 is 39.7 Å². The number of rotatable bonds is 17. The molecule has 0 bridgehead atoms. The van der Waals surface area contributed by atoms with Crippen molar-refractivity contribution in [3.8, 4) is 0 Å². The van der Waals surface area contributed by atoms with Gasteiger partial charge in [-0.3, -0.25) is 19.8 Å². The van der Waals surface area contributed by atoms with Crippen LogP contribution < -0.4 is 21.4 Å². The Morgan fingerprint density at radius 3 is 2.02 bits per heavy atom. The standard InChI is InChI=1S/C32H46BrN5O7/c1-21(2)26(28(39)34-16-17-44-5)35-30(41)32(43,18-23-10-8-7-9-11-23)20-38(19-24-12-14-25(33)15-13-24)37-29(40)27(22(3)4)36-31(42)45-6/h7-15,21-22,26-27,43H,16-20H2,1-6H3,(H,34,39)(H,35,41)(H,36,42)(H,37,40)/t26?,27-,32-/m1/s1. The monoisotopic (exact) mass is 691 g/mol. The summed E-state index contributed by atoms with van der Waals surface area (Å²) in [6.07, 6.45) is -0.886. The molecule has 0 radical (unpaired) electrons. The third-order valence-electron chi connectivity index (χ3n) is 7.02. The molecule has 12 nitrogen and oxygen atoms in total. The fourth-order valence-electron chi connectivity index (χ4n) is 4.55. The predicted molar refractivity (Wildman–Crippen MR) is 174 cm³/mol. The number of halogens is 1. The van der Waals surface area contributed by atoms with Crippen LogP contribution in [0.5, 0.6) is 0 Å². The number of nitrogens with one attached hydrogen (secondary N) is 4. The molecule has 0 aliphatic rings. The van der Waals surface area contributed by atoms with Gasteiger partial charge in [0.25, 0.3) is 11.8 Å². The maximum Gasteiger partial charge on any atom is 0.407 e. The van der Waals surface area contributed by atoms with E-state index in [1.54, 1.807) is 52.0 Å². The molecule has 3 atom stereocenters. The van der Waals surface area contributed by atoms with E-state index in [-0.39, 0.29) is 37.9 Å². The lowest BCUT2D eigenvalue weighted by molar-refractivity contribution is -0.148. The molecular formula is C32H46BrN5O7. The molecule has 2 aromatic carbocycles. The Morgan fingerprint density at radius 2 is 1.47 bits per heavy atom. The van der Waals surface area contributed by atoms with Crippen LogP contribution in [0.4, 0.5) is 4.79 Å². The summed E-state index contributed by atoms with van der Waals surface area (Å²) in [4.78, 5) is 52.5. The van der Waals surface area contributed by atoms with Gasteiger partial charge in [-0.1, -0.05) is 86.1 Å². The first-order valence-corrected chi connectivity index (χ1v) is 15.6. The van der Waals surface area contributed by atoms with Crippen LogP contribution in [0, 0.1) is 11.8 Å². The average Bonchev–Trinajstić information content (AvgIpc) is 2.99. The minimum absolute atomic E-state index is 0.109. The highest BCUT2D eigenvalue weighted by Gasteiger charge is 2.41. The van der Waals surface area contributed by atoms with Gasteiger partial charge in [0.15, 0.2) is 5.60 Å². The van der Waals surface area contributed by atoms with Crippen LogP contribution in [0.1, 0.15) is 38.8 Å². The fourth-order valence-corrected chi connectivity index (χ4v) is 4.81. The molecule has 2 rings (SSSR count). The molecule has 0 spiro atoms. The molecule has 0 aliphatic heterocycles. The number of hydrogen-bond acceptors (Lipinski definition) is 8. The van der Waals surface area contributed by atoms with Crippen LogP contribution >= 0.6 is 15.9 Å². The number of benzene rings is 2. The molecule has 13 heteroatoms. The highest BCUT2D eigenvalue weighted by Crippen LogP contribution is 2.20. The van der Waals surface area contributed by atoms with Crippen molar-refractivity contribution in [2.45, 2.75) is 58.3 Å². The molecule has 45 heavy (non-hydrogen) atoms. The van der Waals surface area contributed by atoms with Crippen molar-refractivity contribution in [1.82, 2.24) is 26.4 Å². The number of hydrazine groups is 1. The lowest BCUT2D eigenvalue weighted by Crippen LogP contribution is -2.63. The topological polar surface area (TPSA) is 158 Å². The second kappa shape index (κ2) is 18.4. The molecule has 2 aromatic rings. The highest BCUT2D eigenvalue weighted by atomic mass is 79.9. The summed E-state index contributed by atoms with van der Waals surface area (Å²) in [6.45, 7) is 7.42. The van der Waals surface area contributed by atoms with Gasteiger partial charge in [-0.15, -0.1) is 0 Å². The zero-order valence-electron chi connectivity index (χ0n) is 26.8. The number of methoxy groups -OCH3 is 2. The Balaban J connectivity index is 2.47. The SMILES string of the molecule is COCCNC(=O)C(NC(=O)[C@@](O)(Cc1ccccc1)CN(Cc1ccc(Br)cc1)NC(=O)[C@H](NC(=O)OC)C(C)C)C(C)C. The lowest BCUT2D eigenvalue weighted by atomic mass is 9.91. The van der Waals surface area contributed by atoms with Crippen molar-refractivity contribution in [2.75, 3.05) is 33.9 Å². The van der Waals surface area contributed by atoms with E-state index in [1.165, 1.54) is 19.2 Å². The first-order chi connectivity index (χ1) is 21.3. The van der Waals surface area contributed by atoms with E-state index in [2.05, 4.69) is 37.3 Å². The van der Waals surface area contributed by atoms with E-state index in [1.807, 2.05) is 30.3 Å². The van der Waals surface area contributed by atoms with Gasteiger partial charge in [0.2, 0.25) is 5.91 Å². The number of aliphatic hydroxyl groups is 1. The summed E-state index contributed by atoms with van der Waals surface area (Å²) >= 11 is 3.42. The Kier molecular flexibility index (Phi) is 15.4. The molecule has 0 saturated heterocycles. The Morgan fingerprint density at radius 1 is 0.867 bits per heavy atom. The highest BCUT2D eigenvalue weighted by molar-refractivity contribution is 9.10. The van der Waals surface area contributed by atoms with Gasteiger partial charge in [-0.2, -0.15) is 0 Å². The number of amides is 4. The van der Waals surface area contributed by atoms with E-state index >= 15 is 0 Å². The lowest BCUT2D eigenvalue weighted by Gasteiger charge is -2.36. The Hall–Kier alpha value is -3.52. The number of nitrogens with zero attached hydrogens (tertiary/aromatic N) is 1. The van der Waals surface area contributed by atoms with Gasteiger partial charge in [0.1, 0.15) is 12.1 Å². The van der Waals surface area contributed by atoms with Crippen molar-refractivity contribution in [3.05, 3.63) is 70.2 Å². The van der Waals surface area contributed by atoms with Crippen molar-refractivity contribution < 1.29 is 33.8 Å². The van der Waals surface area contributed by atoms with Crippen LogP contribution in [-0.4, -0.2) is 85.5 Å². The molecule has 0 aliphatic carbocycles. The molecular weight excluding hydrogens is 646 g/mol. The van der Waals surface area contributed by atoms with Crippen molar-refractivity contribution in [2.24, 2.45) is 11.8 Å². The van der Waals surface area contributed by atoms with Gasteiger partial charge in [0.05, 0.1) is 20.3 Å². The van der Waals surface area contributed by atoms with E-state index in [9.17, 15) is 24.3 Å². The number of carbonyl (C=O) groups excluding carboxylic acids is 4. The summed E-state index contributed by atoms with van der Waals surface area (Å²) in [6, 6.07) is 14.4. The van der Waals surface area contributed by atoms with Crippen LogP contribution in [0.15, 0.2) is 59.1 Å². The molecule has 4 amide bonds. The molecule has 0 saturated carbocycles. The predicted octanol–water partition coefficient (Wildman–Crippen LogP) is 2.54. The van der Waals surface area contributed by atoms with E-state index < -0.39 is 41.5 Å². The van der Waals surface area contributed by atoms with E-state index in [4.69, 9.17) is 9.47 Å². The van der Waals surface area contributed by atoms with Gasteiger partial charge in [-0.05, 0) is 35.1 Å². The van der Waals surface area contributed by atoms with E-state index in [0.717, 1.165) is 10.0 Å². The maximum absolute atomic E-state index is 14.0. The summed E-state index contributed by atoms with van der Waals surface area (Å²) in [5, 5.41) is 21.6. The first-order valence-electron chi connectivity index (χ1n) is 14.8. The minimum atomic E-state index is -2.10. The molecule has 248 valence electrons. The zero-order valence-corrected chi connectivity index (χ0v) is 28.3. The smallest absolute Gasteiger partial charge is 0.407 e. The maximum atomic E-state index is 14.0. The first kappa shape index (κ1) is 37.7. The third kappa shape index (κ3) is 12.4. The summed E-state index contributed by atoms with van der Waals surface area (Å²) in [7, 11) is 2.72. The third-order valence-corrected chi connectivity index (χ3v) is 7.55. The number of alkyl carbamates (subject to hydrolysis) is 1. The van der Waals surface area contributed by atoms with E-state index in [0.29, 0.717) is 12.2 Å². The largest absolute Gasteiger partial charge is 0.453 e. The summed E-state index contributed by atoms with van der Waals surface area (Å²) in [5.41, 5.74) is 2.14. The average molecular weight is 693 g/mol. The van der Waals surface area contributed by atoms with Gasteiger partial charge >= 0.3 is 6.09 Å². The van der Waals surface area contributed by atoms with Crippen LogP contribution in [0.25, 0.3) is 0 Å². The molecule has 1 unspecified atom stereocenters. The van der Waals surface area contributed by atoms with Gasteiger partial charge < -0.3 is 30.5 Å². The summed E-state index contributed by atoms with van der Waals surface area (Å²) in [5.74, 6) is -2.37. The quantitative estimate of drug-likeness (QED) is 0.125. The molecule has 5 N–H and O–H groups in total. The number of carbonyl (C=O) groups is 4. The van der Waals surface area contributed by atoms with Crippen LogP contribution in [-0.2, 0) is 36.8 Å². The van der Waals surface area contributed by atoms with Gasteiger partial charge in [0, 0.05) is 31.1 Å². The summed E-state index contributed by atoms with van der Waals surface area (Å²) < 4.78 is 10.6. The molecule has 0 aromatic heterocycles.